The molecule has 1 aliphatic carbocycles. The number of allylic oxidation sites excluding steroid dienone is 3. The molecule has 1 rings (SSSR count). The Hall–Kier alpha value is -1.09. The largest absolute Gasteiger partial charge is 0.481 e. The van der Waals surface area contributed by atoms with Crippen molar-refractivity contribution >= 4 is 5.97 Å². The molecule has 0 aromatic heterocycles. The van der Waals surface area contributed by atoms with Gasteiger partial charge >= 0.3 is 5.97 Å². The van der Waals surface area contributed by atoms with E-state index >= 15 is 0 Å². The predicted octanol–water partition coefficient (Wildman–Crippen LogP) is 3.52. The maximum atomic E-state index is 11.1. The number of hydrogen-bond donors (Lipinski definition) is 2. The summed E-state index contributed by atoms with van der Waals surface area (Å²) < 4.78 is 0. The van der Waals surface area contributed by atoms with Crippen LogP contribution in [-0.2, 0) is 4.79 Å². The Kier molecular flexibility index (Phi) is 8.23. The first-order valence-electron chi connectivity index (χ1n) is 7.52. The van der Waals surface area contributed by atoms with Crippen LogP contribution in [-0.4, -0.2) is 24.2 Å². The number of nitrogens with one attached hydrogen (secondary N) is 1. The molecule has 3 heteroatoms. The molecule has 0 aliphatic heterocycles. The molecule has 0 saturated carbocycles. The van der Waals surface area contributed by atoms with Gasteiger partial charge in [0, 0.05) is 6.54 Å². The van der Waals surface area contributed by atoms with Crippen LogP contribution in [0.1, 0.15) is 51.9 Å². The van der Waals surface area contributed by atoms with E-state index in [0.717, 1.165) is 51.5 Å². The van der Waals surface area contributed by atoms with Crippen molar-refractivity contribution in [3.63, 3.8) is 0 Å². The lowest BCUT2D eigenvalue weighted by Gasteiger charge is -2.14. The molecule has 0 bridgehead atoms. The Labute approximate surface area is 116 Å². The van der Waals surface area contributed by atoms with Crippen LogP contribution in [0.15, 0.2) is 23.8 Å². The van der Waals surface area contributed by atoms with Crippen molar-refractivity contribution in [2.45, 2.75) is 51.9 Å². The number of unbranched alkanes of at least 4 members (excludes halogenated alkanes) is 2. The Morgan fingerprint density at radius 1 is 1.47 bits per heavy atom. The van der Waals surface area contributed by atoms with Gasteiger partial charge in [-0.15, -0.1) is 0 Å². The van der Waals surface area contributed by atoms with Gasteiger partial charge in [-0.25, -0.2) is 0 Å². The van der Waals surface area contributed by atoms with E-state index in [1.54, 1.807) is 0 Å². The van der Waals surface area contributed by atoms with Gasteiger partial charge in [0.25, 0.3) is 0 Å². The standard InChI is InChI=1S/C16H27NO2/c1-2-3-5-10-15(16(18)19)13-17-12-11-14-8-6-4-7-9-14/h4,6,8,15,17H,2-3,5,7,9-13H2,1H3,(H,18,19). The molecular formula is C16H27NO2. The average molecular weight is 265 g/mol. The zero-order valence-corrected chi connectivity index (χ0v) is 12.0. The highest BCUT2D eigenvalue weighted by Crippen LogP contribution is 2.14. The monoisotopic (exact) mass is 265 g/mol. The number of aliphatic carboxylic acids is 1. The SMILES string of the molecule is CCCCCC(CNCCC1=CC=CCC1)C(=O)O. The number of carbonyl (C=O) groups is 1. The van der Waals surface area contributed by atoms with Crippen LogP contribution in [0.4, 0.5) is 0 Å². The van der Waals surface area contributed by atoms with E-state index in [-0.39, 0.29) is 5.92 Å². The molecule has 0 heterocycles. The highest BCUT2D eigenvalue weighted by atomic mass is 16.4. The summed E-state index contributed by atoms with van der Waals surface area (Å²) in [5.74, 6) is -0.893. The fraction of sp³-hybridized carbons (Fsp3) is 0.688. The van der Waals surface area contributed by atoms with Gasteiger partial charge in [0.2, 0.25) is 0 Å². The zero-order valence-electron chi connectivity index (χ0n) is 12.0. The van der Waals surface area contributed by atoms with Gasteiger partial charge in [0.05, 0.1) is 5.92 Å². The summed E-state index contributed by atoms with van der Waals surface area (Å²) >= 11 is 0. The molecule has 0 aromatic carbocycles. The summed E-state index contributed by atoms with van der Waals surface area (Å²) in [7, 11) is 0. The van der Waals surface area contributed by atoms with Crippen molar-refractivity contribution in [1.82, 2.24) is 5.32 Å². The fourth-order valence-electron chi connectivity index (χ4n) is 2.34. The number of carboxylic acids is 1. The van der Waals surface area contributed by atoms with Crippen LogP contribution in [0, 0.1) is 5.92 Å². The maximum Gasteiger partial charge on any atom is 0.307 e. The normalized spacial score (nSPS) is 16.2. The summed E-state index contributed by atoms with van der Waals surface area (Å²) in [4.78, 5) is 11.1. The number of carboxylic acid groups (broad SMARTS) is 1. The smallest absolute Gasteiger partial charge is 0.307 e. The summed E-state index contributed by atoms with van der Waals surface area (Å²) in [6.45, 7) is 3.62. The summed E-state index contributed by atoms with van der Waals surface area (Å²) in [5.41, 5.74) is 1.47. The van der Waals surface area contributed by atoms with Gasteiger partial charge < -0.3 is 10.4 Å². The average Bonchev–Trinajstić information content (AvgIpc) is 2.42. The molecule has 0 spiro atoms. The van der Waals surface area contributed by atoms with Crippen molar-refractivity contribution in [2.75, 3.05) is 13.1 Å². The van der Waals surface area contributed by atoms with Crippen LogP contribution in [0.3, 0.4) is 0 Å². The lowest BCUT2D eigenvalue weighted by atomic mass is 10.0. The van der Waals surface area contributed by atoms with Crippen molar-refractivity contribution in [3.05, 3.63) is 23.8 Å². The van der Waals surface area contributed by atoms with Gasteiger partial charge in [-0.3, -0.25) is 4.79 Å². The van der Waals surface area contributed by atoms with Crippen molar-refractivity contribution in [1.29, 1.82) is 0 Å². The Morgan fingerprint density at radius 3 is 2.95 bits per heavy atom. The topological polar surface area (TPSA) is 49.3 Å². The van der Waals surface area contributed by atoms with Gasteiger partial charge in [-0.05, 0) is 32.2 Å². The number of rotatable bonds is 10. The molecule has 2 N–H and O–H groups in total. The zero-order chi connectivity index (χ0) is 13.9. The maximum absolute atomic E-state index is 11.1. The first kappa shape index (κ1) is 16.0. The van der Waals surface area contributed by atoms with Crippen molar-refractivity contribution in [3.8, 4) is 0 Å². The molecule has 0 saturated heterocycles. The van der Waals surface area contributed by atoms with Gasteiger partial charge in [-0.1, -0.05) is 50.0 Å². The lowest BCUT2D eigenvalue weighted by Crippen LogP contribution is -2.29. The third-order valence-corrected chi connectivity index (χ3v) is 3.62. The Morgan fingerprint density at radius 2 is 2.32 bits per heavy atom. The van der Waals surface area contributed by atoms with E-state index in [2.05, 4.69) is 30.5 Å². The second-order valence-electron chi connectivity index (χ2n) is 5.28. The van der Waals surface area contributed by atoms with Crippen LogP contribution < -0.4 is 5.32 Å². The highest BCUT2D eigenvalue weighted by molar-refractivity contribution is 5.70. The minimum Gasteiger partial charge on any atom is -0.481 e. The highest BCUT2D eigenvalue weighted by Gasteiger charge is 2.16. The van der Waals surface area contributed by atoms with Crippen LogP contribution in [0.5, 0.6) is 0 Å². The quantitative estimate of drug-likeness (QED) is 0.594. The van der Waals surface area contributed by atoms with Gasteiger partial charge in [0.15, 0.2) is 0 Å². The Balaban J connectivity index is 2.15. The molecular weight excluding hydrogens is 238 g/mol. The van der Waals surface area contributed by atoms with Gasteiger partial charge in [0.1, 0.15) is 0 Å². The van der Waals surface area contributed by atoms with E-state index in [9.17, 15) is 4.79 Å². The summed E-state index contributed by atoms with van der Waals surface area (Å²) in [6.07, 6.45) is 13.9. The van der Waals surface area contributed by atoms with E-state index < -0.39 is 5.97 Å². The van der Waals surface area contributed by atoms with Crippen molar-refractivity contribution in [2.24, 2.45) is 5.92 Å². The van der Waals surface area contributed by atoms with Crippen LogP contribution in [0.2, 0.25) is 0 Å². The third-order valence-electron chi connectivity index (χ3n) is 3.62. The fourth-order valence-corrected chi connectivity index (χ4v) is 2.34. The second kappa shape index (κ2) is 9.79. The van der Waals surface area contributed by atoms with Crippen molar-refractivity contribution < 1.29 is 9.90 Å². The molecule has 19 heavy (non-hydrogen) atoms. The van der Waals surface area contributed by atoms with Crippen LogP contribution >= 0.6 is 0 Å². The minimum absolute atomic E-state index is 0.230. The molecule has 1 aliphatic rings. The van der Waals surface area contributed by atoms with E-state index in [1.165, 1.54) is 5.57 Å². The number of hydrogen-bond acceptors (Lipinski definition) is 2. The molecule has 0 radical (unpaired) electrons. The summed E-state index contributed by atoms with van der Waals surface area (Å²) in [6, 6.07) is 0. The lowest BCUT2D eigenvalue weighted by molar-refractivity contribution is -0.141. The predicted molar refractivity (Wildman–Crippen MR) is 79.2 cm³/mol. The molecule has 108 valence electrons. The van der Waals surface area contributed by atoms with E-state index in [4.69, 9.17) is 5.11 Å². The van der Waals surface area contributed by atoms with E-state index in [0.29, 0.717) is 6.54 Å². The molecule has 3 nitrogen and oxygen atoms in total. The summed E-state index contributed by atoms with van der Waals surface area (Å²) in [5, 5.41) is 12.5. The first-order valence-corrected chi connectivity index (χ1v) is 7.52. The second-order valence-corrected chi connectivity index (χ2v) is 5.28. The van der Waals surface area contributed by atoms with Gasteiger partial charge in [-0.2, -0.15) is 0 Å². The molecule has 0 aromatic rings. The molecule has 0 fully saturated rings. The Bertz CT molecular complexity index is 321. The third kappa shape index (κ3) is 7.16. The molecule has 1 unspecified atom stereocenters. The minimum atomic E-state index is -0.664. The first-order chi connectivity index (χ1) is 9.24. The molecule has 1 atom stereocenters. The van der Waals surface area contributed by atoms with Crippen LogP contribution in [0.25, 0.3) is 0 Å². The molecule has 0 amide bonds. The van der Waals surface area contributed by atoms with E-state index in [1.807, 2.05) is 0 Å².